The van der Waals surface area contributed by atoms with E-state index in [0.717, 1.165) is 11.5 Å². The van der Waals surface area contributed by atoms with Gasteiger partial charge in [0, 0.05) is 11.8 Å². The van der Waals surface area contributed by atoms with E-state index in [2.05, 4.69) is 29.8 Å². The number of hydrogen-bond donors (Lipinski definition) is 1. The van der Waals surface area contributed by atoms with Crippen LogP contribution in [0, 0.1) is 0 Å². The van der Waals surface area contributed by atoms with Crippen LogP contribution in [0.15, 0.2) is 45.8 Å². The van der Waals surface area contributed by atoms with Crippen LogP contribution in [0.1, 0.15) is 5.56 Å². The van der Waals surface area contributed by atoms with Gasteiger partial charge < -0.3 is 0 Å². The van der Waals surface area contributed by atoms with Gasteiger partial charge in [-0.2, -0.15) is 0 Å². The third-order valence-corrected chi connectivity index (χ3v) is 5.59. The van der Waals surface area contributed by atoms with Crippen LogP contribution >= 0.6 is 12.6 Å². The van der Waals surface area contributed by atoms with Gasteiger partial charge in [0.15, 0.2) is 0 Å². The summed E-state index contributed by atoms with van der Waals surface area (Å²) < 4.78 is 0. The van der Waals surface area contributed by atoms with Crippen molar-refractivity contribution in [3.63, 3.8) is 0 Å². The first kappa shape index (κ1) is 11.3. The van der Waals surface area contributed by atoms with Crippen molar-refractivity contribution >= 4 is 47.2 Å². The van der Waals surface area contributed by atoms with Crippen molar-refractivity contribution in [2.75, 3.05) is 0 Å². The summed E-state index contributed by atoms with van der Waals surface area (Å²) in [6.07, 6.45) is 0.740. The molecule has 0 saturated carbocycles. The van der Waals surface area contributed by atoms with Crippen molar-refractivity contribution in [2.45, 2.75) is 6.42 Å². The molecule has 0 amide bonds. The van der Waals surface area contributed by atoms with Gasteiger partial charge in [-0.3, -0.25) is 0 Å². The molecular weight excluding hydrogens is 262 g/mol. The second-order valence-electron chi connectivity index (χ2n) is 3.19. The molecule has 0 fully saturated rings. The Morgan fingerprint density at radius 2 is 1.87 bits per heavy atom. The lowest BCUT2D eigenvalue weighted by Crippen LogP contribution is -2.09. The van der Waals surface area contributed by atoms with Crippen LogP contribution in [0.3, 0.4) is 0 Å². The number of nitrogens with zero attached hydrogens (tertiary/aromatic N) is 1. The van der Waals surface area contributed by atoms with Crippen LogP contribution in [0.25, 0.3) is 0 Å². The lowest BCUT2D eigenvalue weighted by atomic mass is 10.2. The van der Waals surface area contributed by atoms with E-state index in [-0.39, 0.29) is 0 Å². The fraction of sp³-hybridized carbons (Fsp3) is 0.100. The summed E-state index contributed by atoms with van der Waals surface area (Å²) in [6, 6.07) is 10.1. The number of benzene rings is 1. The quantitative estimate of drug-likeness (QED) is 0.830. The molecule has 1 aliphatic heterocycles. The van der Waals surface area contributed by atoms with Crippen LogP contribution in [0.5, 0.6) is 0 Å². The molecule has 0 aliphatic carbocycles. The second kappa shape index (κ2) is 4.33. The molecule has 1 heterocycles. The average Bonchev–Trinajstić information content (AvgIpc) is 2.41. The Morgan fingerprint density at radius 1 is 1.20 bits per heavy atom. The highest BCUT2D eigenvalue weighted by molar-refractivity contribution is 8.65. The predicted octanol–water partition coefficient (Wildman–Crippen LogP) is 2.45. The van der Waals surface area contributed by atoms with Crippen LogP contribution in [0.4, 0.5) is 0 Å². The lowest BCUT2D eigenvalue weighted by molar-refractivity contribution is 1.34. The topological polar surface area (TPSA) is 12.4 Å². The highest BCUT2D eigenvalue weighted by Crippen LogP contribution is 2.20. The molecule has 78 valence electrons. The van der Waals surface area contributed by atoms with Gasteiger partial charge in [-0.05, 0) is 35.1 Å². The van der Waals surface area contributed by atoms with Crippen molar-refractivity contribution in [1.29, 1.82) is 0 Å². The average molecular weight is 271 g/mol. The van der Waals surface area contributed by atoms with Crippen molar-refractivity contribution in [3.8, 4) is 0 Å². The Bertz CT molecular complexity index is 526. The van der Waals surface area contributed by atoms with E-state index in [1.165, 1.54) is 5.56 Å². The van der Waals surface area contributed by atoms with Crippen LogP contribution in [0.2, 0.25) is 0 Å². The molecule has 15 heavy (non-hydrogen) atoms. The standard InChI is InChI=1S/C10H9NS4/c12-9-7-15(13,14)10(11-9)6-8-4-2-1-3-5-8/h1-5,7,12H,6H2. The highest BCUT2D eigenvalue weighted by Gasteiger charge is 2.16. The molecule has 1 aromatic rings. The molecule has 0 saturated heterocycles. The monoisotopic (exact) mass is 271 g/mol. The van der Waals surface area contributed by atoms with Crippen molar-refractivity contribution in [1.82, 2.24) is 0 Å². The summed E-state index contributed by atoms with van der Waals surface area (Å²) in [5, 5.41) is 3.39. The molecule has 1 nitrogen and oxygen atoms in total. The molecule has 1 aliphatic rings. The number of thiol groups is 1. The highest BCUT2D eigenvalue weighted by atomic mass is 33.1. The van der Waals surface area contributed by atoms with E-state index in [1.54, 1.807) is 0 Å². The summed E-state index contributed by atoms with van der Waals surface area (Å²) in [4.78, 5) is 4.31. The maximum absolute atomic E-state index is 5.35. The molecule has 0 aromatic heterocycles. The van der Waals surface area contributed by atoms with Gasteiger partial charge >= 0.3 is 0 Å². The maximum atomic E-state index is 5.35. The van der Waals surface area contributed by atoms with Gasteiger partial charge in [-0.15, -0.1) is 12.6 Å². The Morgan fingerprint density at radius 3 is 2.40 bits per heavy atom. The smallest absolute Gasteiger partial charge is 0.101 e. The Kier molecular flexibility index (Phi) is 3.25. The molecule has 0 radical (unpaired) electrons. The zero-order chi connectivity index (χ0) is 10.9. The summed E-state index contributed by atoms with van der Waals surface area (Å²) in [6.45, 7) is 0. The van der Waals surface area contributed by atoms with Crippen LogP contribution < -0.4 is 0 Å². The third kappa shape index (κ3) is 2.66. The van der Waals surface area contributed by atoms with Crippen molar-refractivity contribution in [2.24, 2.45) is 4.99 Å². The van der Waals surface area contributed by atoms with E-state index in [4.69, 9.17) is 22.4 Å². The Balaban J connectivity index is 2.27. The van der Waals surface area contributed by atoms with Gasteiger partial charge in [0.1, 0.15) is 5.03 Å². The molecule has 0 atom stereocenters. The molecule has 0 unspecified atom stereocenters. The molecule has 0 bridgehead atoms. The van der Waals surface area contributed by atoms with Crippen LogP contribution in [-0.2, 0) is 35.9 Å². The number of rotatable bonds is 2. The second-order valence-corrected chi connectivity index (χ2v) is 9.23. The fourth-order valence-corrected chi connectivity index (χ4v) is 4.61. The molecule has 1 aromatic carbocycles. The zero-order valence-electron chi connectivity index (χ0n) is 7.79. The molecule has 0 N–H and O–H groups in total. The van der Waals surface area contributed by atoms with Crippen molar-refractivity contribution in [3.05, 3.63) is 46.3 Å². The van der Waals surface area contributed by atoms with Gasteiger partial charge in [0.25, 0.3) is 0 Å². The first-order valence-corrected chi connectivity index (χ1v) is 8.34. The Hall–Kier alpha value is -0.230. The summed E-state index contributed by atoms with van der Waals surface area (Å²) in [5.74, 6) is 0. The SMILES string of the molecule is S=S1(=S)C=C(S)N=C1Cc1ccccc1. The van der Waals surface area contributed by atoms with Gasteiger partial charge in [0.05, 0.1) is 5.04 Å². The van der Waals surface area contributed by atoms with Crippen molar-refractivity contribution < 1.29 is 0 Å². The predicted molar refractivity (Wildman–Crippen MR) is 76.7 cm³/mol. The minimum Gasteiger partial charge on any atom is -0.238 e. The first-order valence-electron chi connectivity index (χ1n) is 4.35. The normalized spacial score (nSPS) is 18.5. The van der Waals surface area contributed by atoms with Crippen LogP contribution in [-0.4, -0.2) is 5.04 Å². The van der Waals surface area contributed by atoms with Gasteiger partial charge in [0.2, 0.25) is 0 Å². The number of hydrogen-bond acceptors (Lipinski definition) is 4. The largest absolute Gasteiger partial charge is 0.238 e. The summed E-state index contributed by atoms with van der Waals surface area (Å²) in [5.41, 5.74) is 1.19. The summed E-state index contributed by atoms with van der Waals surface area (Å²) >= 11 is 14.9. The van der Waals surface area contributed by atoms with E-state index in [0.29, 0.717) is 5.03 Å². The molecule has 2 rings (SSSR count). The van der Waals surface area contributed by atoms with Gasteiger partial charge in [-0.1, -0.05) is 30.3 Å². The third-order valence-electron chi connectivity index (χ3n) is 2.03. The minimum atomic E-state index is -1.66. The first-order chi connectivity index (χ1) is 7.08. The molecular formula is C10H9NS4. The van der Waals surface area contributed by atoms with Gasteiger partial charge in [-0.25, -0.2) is 4.99 Å². The molecule has 5 heteroatoms. The van der Waals surface area contributed by atoms with E-state index < -0.39 is 7.15 Å². The number of aliphatic imine (C=N–C) groups is 1. The van der Waals surface area contributed by atoms with E-state index in [9.17, 15) is 0 Å². The maximum Gasteiger partial charge on any atom is 0.101 e. The lowest BCUT2D eigenvalue weighted by Gasteiger charge is -2.04. The Labute approximate surface area is 105 Å². The molecule has 0 spiro atoms. The minimum absolute atomic E-state index is 0.668. The van der Waals surface area contributed by atoms with E-state index >= 15 is 0 Å². The van der Waals surface area contributed by atoms with E-state index in [1.807, 2.05) is 23.6 Å². The fourth-order valence-electron chi connectivity index (χ4n) is 1.34. The summed E-state index contributed by atoms with van der Waals surface area (Å²) in [7, 11) is -1.66. The zero-order valence-corrected chi connectivity index (χ0v) is 11.1.